The number of anilines is 2. The van der Waals surface area contributed by atoms with Crippen molar-refractivity contribution >= 4 is 34.9 Å². The van der Waals surface area contributed by atoms with Crippen LogP contribution < -0.4 is 20.9 Å². The molecular formula is C37H48N10O3. The minimum atomic E-state index is -0.259. The summed E-state index contributed by atoms with van der Waals surface area (Å²) in [6.07, 6.45) is 6.04. The van der Waals surface area contributed by atoms with E-state index in [4.69, 9.17) is 4.74 Å². The van der Waals surface area contributed by atoms with Gasteiger partial charge < -0.3 is 30.6 Å². The third kappa shape index (κ3) is 9.51. The number of carbonyl (C=O) groups is 2. The summed E-state index contributed by atoms with van der Waals surface area (Å²) < 4.78 is 5.48. The van der Waals surface area contributed by atoms with Crippen LogP contribution in [-0.4, -0.2) is 120 Å². The van der Waals surface area contributed by atoms with Crippen LogP contribution in [0.4, 0.5) is 11.5 Å². The first-order valence-electron chi connectivity index (χ1n) is 17.5. The molecule has 2 amide bonds. The zero-order chi connectivity index (χ0) is 34.7. The van der Waals surface area contributed by atoms with Gasteiger partial charge >= 0.3 is 0 Å². The molecule has 0 aliphatic carbocycles. The van der Waals surface area contributed by atoms with E-state index in [1.807, 2.05) is 36.4 Å². The first-order valence-corrected chi connectivity index (χ1v) is 17.5. The Labute approximate surface area is 293 Å². The second-order valence-electron chi connectivity index (χ2n) is 13.2. The van der Waals surface area contributed by atoms with Crippen LogP contribution in [0.5, 0.6) is 0 Å². The maximum Gasteiger partial charge on any atom is 0.274 e. The molecule has 0 saturated carbocycles. The minimum Gasteiger partial charge on any atom is -0.378 e. The summed E-state index contributed by atoms with van der Waals surface area (Å²) >= 11 is 0. The van der Waals surface area contributed by atoms with Crippen molar-refractivity contribution < 1.29 is 14.3 Å². The van der Waals surface area contributed by atoms with Gasteiger partial charge in [-0.3, -0.25) is 24.4 Å². The van der Waals surface area contributed by atoms with E-state index in [1.54, 1.807) is 12.5 Å². The first kappa shape index (κ1) is 35.1. The number of H-pyrrole nitrogens is 1. The summed E-state index contributed by atoms with van der Waals surface area (Å²) in [4.78, 5) is 47.4. The number of nitrogens with one attached hydrogen (secondary N) is 4. The molecule has 0 bridgehead atoms. The molecular weight excluding hydrogens is 632 g/mol. The number of morpholine rings is 1. The number of piperidine rings is 1. The van der Waals surface area contributed by atoms with E-state index in [2.05, 4.69) is 70.2 Å². The average molecular weight is 681 g/mol. The fraction of sp³-hybridized carbons (Fsp3) is 0.432. The van der Waals surface area contributed by atoms with Crippen molar-refractivity contribution in [3.05, 3.63) is 78.4 Å². The van der Waals surface area contributed by atoms with E-state index >= 15 is 0 Å². The lowest BCUT2D eigenvalue weighted by molar-refractivity contribution is -0.110. The van der Waals surface area contributed by atoms with Crippen molar-refractivity contribution in [1.29, 1.82) is 0 Å². The molecule has 7 rings (SSSR count). The molecule has 6 heterocycles. The van der Waals surface area contributed by atoms with Gasteiger partial charge in [0.25, 0.3) is 5.91 Å². The Bertz CT molecular complexity index is 1730. The van der Waals surface area contributed by atoms with Crippen LogP contribution in [0.25, 0.3) is 22.3 Å². The third-order valence-electron chi connectivity index (χ3n) is 9.14. The number of amides is 2. The number of piperazine rings is 1. The Morgan fingerprint density at radius 2 is 1.82 bits per heavy atom. The fourth-order valence-electron chi connectivity index (χ4n) is 6.68. The molecule has 13 nitrogen and oxygen atoms in total. The highest BCUT2D eigenvalue weighted by molar-refractivity contribution is 6.03. The standard InChI is InChI=1S/C29H32N8O3.C8H16N2/c38-19-33-23-2-1-9-36(17-23)16-20-7-8-30-26(14-20)29(39)34-22-5-3-21(4-6-22)25-15-24-27(35-25)31-18-32-28(24)37-10-12-40-13-11-37;1-8(2)7-10-5-3-9-4-6-10/h3-8,14-15,18-19,23H,1-2,9-13,16-17H2,(H,33,38)(H,34,39)(H,31,32,35);9H,1,3-7H2,2H3. The van der Waals surface area contributed by atoms with Crippen molar-refractivity contribution in [3.8, 4) is 11.3 Å². The summed E-state index contributed by atoms with van der Waals surface area (Å²) in [6.45, 7) is 17.1. The number of aromatic nitrogens is 4. The number of pyridine rings is 1. The molecule has 4 N–H and O–H groups in total. The Morgan fingerprint density at radius 3 is 2.58 bits per heavy atom. The predicted octanol–water partition coefficient (Wildman–Crippen LogP) is 3.29. The number of carbonyl (C=O) groups excluding carboxylic acids is 2. The van der Waals surface area contributed by atoms with Gasteiger partial charge in [-0.05, 0) is 67.8 Å². The van der Waals surface area contributed by atoms with E-state index in [1.165, 1.54) is 18.7 Å². The molecule has 3 aromatic heterocycles. The van der Waals surface area contributed by atoms with Gasteiger partial charge in [-0.1, -0.05) is 24.3 Å². The molecule has 1 unspecified atom stereocenters. The number of nitrogens with zero attached hydrogens (tertiary/aromatic N) is 6. The molecule has 50 heavy (non-hydrogen) atoms. The summed E-state index contributed by atoms with van der Waals surface area (Å²) in [7, 11) is 0. The van der Waals surface area contributed by atoms with Crippen molar-refractivity contribution in [2.24, 2.45) is 0 Å². The van der Waals surface area contributed by atoms with E-state index in [9.17, 15) is 9.59 Å². The summed E-state index contributed by atoms with van der Waals surface area (Å²) in [5.41, 5.74) is 6.03. The lowest BCUT2D eigenvalue weighted by atomic mass is 10.1. The lowest BCUT2D eigenvalue weighted by Gasteiger charge is -2.32. The fourth-order valence-corrected chi connectivity index (χ4v) is 6.68. The zero-order valence-corrected chi connectivity index (χ0v) is 28.9. The quantitative estimate of drug-likeness (QED) is 0.146. The van der Waals surface area contributed by atoms with Gasteiger partial charge in [0.15, 0.2) is 0 Å². The van der Waals surface area contributed by atoms with E-state index < -0.39 is 0 Å². The van der Waals surface area contributed by atoms with Crippen molar-refractivity contribution in [3.63, 3.8) is 0 Å². The van der Waals surface area contributed by atoms with Gasteiger partial charge in [0, 0.05) is 82.5 Å². The molecule has 3 saturated heterocycles. The molecule has 1 aromatic carbocycles. The van der Waals surface area contributed by atoms with Crippen LogP contribution in [0.3, 0.4) is 0 Å². The molecule has 13 heteroatoms. The topological polar surface area (TPSA) is 144 Å². The van der Waals surface area contributed by atoms with E-state index in [-0.39, 0.29) is 11.9 Å². The zero-order valence-electron chi connectivity index (χ0n) is 28.9. The highest BCUT2D eigenvalue weighted by Gasteiger charge is 2.20. The number of hydrogen-bond donors (Lipinski definition) is 4. The van der Waals surface area contributed by atoms with Gasteiger partial charge in [0.05, 0.1) is 18.6 Å². The van der Waals surface area contributed by atoms with E-state index in [0.29, 0.717) is 31.1 Å². The van der Waals surface area contributed by atoms with Crippen LogP contribution in [0.2, 0.25) is 0 Å². The molecule has 0 radical (unpaired) electrons. The third-order valence-corrected chi connectivity index (χ3v) is 9.14. The number of hydrogen-bond acceptors (Lipinski definition) is 10. The SMILES string of the molecule is C=C(C)CN1CCNCC1.O=CNC1CCCN(Cc2ccnc(C(=O)Nc3ccc(-c4cc5c(N6CCOCC6)ncnc5[nH]4)cc3)c2)C1. The summed E-state index contributed by atoms with van der Waals surface area (Å²) in [5, 5.41) is 10.1. The Hall–Kier alpha value is -4.69. The molecule has 3 fully saturated rings. The first-order chi connectivity index (χ1) is 24.4. The largest absolute Gasteiger partial charge is 0.378 e. The van der Waals surface area contributed by atoms with Gasteiger partial charge in [0.1, 0.15) is 23.5 Å². The predicted molar refractivity (Wildman–Crippen MR) is 196 cm³/mol. The normalized spacial score (nSPS) is 18.6. The maximum absolute atomic E-state index is 13.0. The minimum absolute atomic E-state index is 0.169. The molecule has 264 valence electrons. The van der Waals surface area contributed by atoms with Gasteiger partial charge in [-0.15, -0.1) is 0 Å². The Balaban J connectivity index is 0.000000373. The molecule has 4 aromatic rings. The summed E-state index contributed by atoms with van der Waals surface area (Å²) in [6, 6.07) is 13.7. The molecule has 0 spiro atoms. The Kier molecular flexibility index (Phi) is 12.2. The van der Waals surface area contributed by atoms with Crippen LogP contribution in [0.1, 0.15) is 35.8 Å². The number of likely N-dealkylation sites (tertiary alicyclic amines) is 1. The molecule has 1 atom stereocenters. The van der Waals surface area contributed by atoms with Gasteiger partial charge in [-0.25, -0.2) is 9.97 Å². The number of fused-ring (bicyclic) bond motifs is 1. The smallest absolute Gasteiger partial charge is 0.274 e. The second kappa shape index (κ2) is 17.3. The number of rotatable bonds is 10. The van der Waals surface area contributed by atoms with E-state index in [0.717, 1.165) is 98.7 Å². The van der Waals surface area contributed by atoms with Crippen LogP contribution in [-0.2, 0) is 16.1 Å². The number of benzene rings is 1. The monoisotopic (exact) mass is 680 g/mol. The lowest BCUT2D eigenvalue weighted by Crippen LogP contribution is -2.44. The second-order valence-corrected chi connectivity index (χ2v) is 13.2. The van der Waals surface area contributed by atoms with Gasteiger partial charge in [0.2, 0.25) is 6.41 Å². The summed E-state index contributed by atoms with van der Waals surface area (Å²) in [5.74, 6) is 0.650. The maximum atomic E-state index is 13.0. The number of aromatic amines is 1. The van der Waals surface area contributed by atoms with Crippen LogP contribution >= 0.6 is 0 Å². The van der Waals surface area contributed by atoms with Crippen LogP contribution in [0, 0.1) is 0 Å². The van der Waals surface area contributed by atoms with Gasteiger partial charge in [-0.2, -0.15) is 0 Å². The highest BCUT2D eigenvalue weighted by Crippen LogP contribution is 2.30. The van der Waals surface area contributed by atoms with Crippen molar-refractivity contribution in [2.45, 2.75) is 32.4 Å². The van der Waals surface area contributed by atoms with Crippen molar-refractivity contribution in [1.82, 2.24) is 40.4 Å². The average Bonchev–Trinajstić information content (AvgIpc) is 3.58. The highest BCUT2D eigenvalue weighted by atomic mass is 16.5. The Morgan fingerprint density at radius 1 is 1.02 bits per heavy atom. The van der Waals surface area contributed by atoms with Crippen LogP contribution in [0.15, 0.2) is 67.1 Å². The molecule has 3 aliphatic heterocycles. The van der Waals surface area contributed by atoms with Crippen molar-refractivity contribution in [2.75, 3.05) is 82.3 Å². The molecule has 3 aliphatic rings. The number of ether oxygens (including phenoxy) is 1.